The standard InChI is InChI=1S/C25H25N7O/c1-30-11-13-31(14-12-30)21-8-6-20(7-9-21)28-25-27-17-22-16-19(18-32(22)29-25)23-4-2-3-5-24(23)33-15-10-26/h2-9,16-18H,11-15H2,1H3,(H,28,29). The summed E-state index contributed by atoms with van der Waals surface area (Å²) in [6.45, 7) is 4.27. The number of rotatable bonds is 6. The first-order chi connectivity index (χ1) is 16.2. The van der Waals surface area contributed by atoms with Crippen LogP contribution in [0.25, 0.3) is 16.6 Å². The summed E-state index contributed by atoms with van der Waals surface area (Å²) in [5.74, 6) is 1.19. The molecule has 2 aromatic heterocycles. The van der Waals surface area contributed by atoms with Gasteiger partial charge in [0.1, 0.15) is 11.8 Å². The third-order valence-electron chi connectivity index (χ3n) is 5.83. The molecule has 2 aromatic carbocycles. The van der Waals surface area contributed by atoms with E-state index in [0.717, 1.165) is 48.5 Å². The van der Waals surface area contributed by atoms with E-state index in [1.807, 2.05) is 42.6 Å². The van der Waals surface area contributed by atoms with Crippen molar-refractivity contribution in [2.45, 2.75) is 0 Å². The van der Waals surface area contributed by atoms with Gasteiger partial charge < -0.3 is 19.9 Å². The Morgan fingerprint density at radius 2 is 1.85 bits per heavy atom. The Morgan fingerprint density at radius 1 is 1.06 bits per heavy atom. The minimum Gasteiger partial charge on any atom is -0.478 e. The van der Waals surface area contributed by atoms with Crippen LogP contribution in [0, 0.1) is 11.3 Å². The molecule has 0 amide bonds. The third kappa shape index (κ3) is 4.59. The van der Waals surface area contributed by atoms with Gasteiger partial charge in [-0.2, -0.15) is 5.26 Å². The summed E-state index contributed by atoms with van der Waals surface area (Å²) in [6, 6.07) is 20.1. The number of para-hydroxylation sites is 1. The molecule has 0 saturated carbocycles. The van der Waals surface area contributed by atoms with Gasteiger partial charge in [0.15, 0.2) is 6.61 Å². The Bertz CT molecular complexity index is 1280. The van der Waals surface area contributed by atoms with Gasteiger partial charge in [0.2, 0.25) is 5.95 Å². The van der Waals surface area contributed by atoms with E-state index in [4.69, 9.17) is 10.00 Å². The quantitative estimate of drug-likeness (QED) is 0.489. The number of piperazine rings is 1. The summed E-state index contributed by atoms with van der Waals surface area (Å²) in [5, 5.41) is 16.7. The van der Waals surface area contributed by atoms with Gasteiger partial charge in [-0.1, -0.05) is 18.2 Å². The number of anilines is 3. The van der Waals surface area contributed by atoms with E-state index in [1.165, 1.54) is 5.69 Å². The second kappa shape index (κ2) is 9.18. The van der Waals surface area contributed by atoms with Crippen LogP contribution < -0.4 is 15.0 Å². The number of ether oxygens (including phenoxy) is 1. The Labute approximate surface area is 192 Å². The van der Waals surface area contributed by atoms with Gasteiger partial charge in [0.25, 0.3) is 0 Å². The Hall–Kier alpha value is -4.09. The van der Waals surface area contributed by atoms with E-state index in [1.54, 1.807) is 10.7 Å². The van der Waals surface area contributed by atoms with E-state index < -0.39 is 0 Å². The molecule has 5 rings (SSSR count). The van der Waals surface area contributed by atoms with Crippen LogP contribution in [0.3, 0.4) is 0 Å². The molecule has 8 heteroatoms. The highest BCUT2D eigenvalue weighted by atomic mass is 16.5. The smallest absolute Gasteiger partial charge is 0.245 e. The fourth-order valence-electron chi connectivity index (χ4n) is 4.00. The number of fused-ring (bicyclic) bond motifs is 1. The molecular weight excluding hydrogens is 414 g/mol. The first-order valence-electron chi connectivity index (χ1n) is 10.9. The van der Waals surface area contributed by atoms with Crippen molar-refractivity contribution < 1.29 is 4.74 Å². The van der Waals surface area contributed by atoms with Crippen molar-refractivity contribution in [1.82, 2.24) is 19.5 Å². The van der Waals surface area contributed by atoms with Crippen LogP contribution in [0.4, 0.5) is 17.3 Å². The molecule has 0 atom stereocenters. The van der Waals surface area contributed by atoms with Gasteiger partial charge in [-0.3, -0.25) is 0 Å². The molecule has 1 saturated heterocycles. The molecule has 4 aromatic rings. The summed E-state index contributed by atoms with van der Waals surface area (Å²) in [7, 11) is 2.16. The summed E-state index contributed by atoms with van der Waals surface area (Å²) >= 11 is 0. The van der Waals surface area contributed by atoms with Crippen LogP contribution in [0.2, 0.25) is 0 Å². The molecule has 0 spiro atoms. The van der Waals surface area contributed by atoms with Gasteiger partial charge in [0.05, 0.1) is 11.7 Å². The number of nitrogens with zero attached hydrogens (tertiary/aromatic N) is 6. The van der Waals surface area contributed by atoms with Gasteiger partial charge in [-0.15, -0.1) is 5.10 Å². The van der Waals surface area contributed by atoms with Crippen molar-refractivity contribution in [2.24, 2.45) is 0 Å². The average Bonchev–Trinajstić information content (AvgIpc) is 3.27. The zero-order chi connectivity index (χ0) is 22.6. The Kier molecular flexibility index (Phi) is 5.79. The molecule has 3 heterocycles. The fraction of sp³-hybridized carbons (Fsp3) is 0.240. The van der Waals surface area contributed by atoms with E-state index in [-0.39, 0.29) is 6.61 Å². The summed E-state index contributed by atoms with van der Waals surface area (Å²) in [5.41, 5.74) is 4.90. The highest BCUT2D eigenvalue weighted by Gasteiger charge is 2.14. The minimum absolute atomic E-state index is 0.00581. The van der Waals surface area contributed by atoms with Gasteiger partial charge in [-0.25, -0.2) is 9.50 Å². The molecule has 1 aliphatic heterocycles. The van der Waals surface area contributed by atoms with Crippen LogP contribution in [0.1, 0.15) is 0 Å². The van der Waals surface area contributed by atoms with E-state index in [2.05, 4.69) is 56.5 Å². The Balaban J connectivity index is 1.33. The molecule has 1 fully saturated rings. The maximum atomic E-state index is 8.84. The summed E-state index contributed by atoms with van der Waals surface area (Å²) < 4.78 is 7.37. The molecule has 166 valence electrons. The van der Waals surface area contributed by atoms with Crippen LogP contribution in [0.15, 0.2) is 67.0 Å². The molecule has 1 aliphatic rings. The van der Waals surface area contributed by atoms with Crippen molar-refractivity contribution >= 4 is 22.8 Å². The lowest BCUT2D eigenvalue weighted by Gasteiger charge is -2.34. The van der Waals surface area contributed by atoms with Gasteiger partial charge >= 0.3 is 0 Å². The lowest BCUT2D eigenvalue weighted by atomic mass is 10.1. The molecule has 33 heavy (non-hydrogen) atoms. The largest absolute Gasteiger partial charge is 0.478 e. The molecule has 0 bridgehead atoms. The number of hydrogen-bond acceptors (Lipinski definition) is 7. The topological polar surface area (TPSA) is 81.7 Å². The fourth-order valence-corrected chi connectivity index (χ4v) is 4.00. The number of aromatic nitrogens is 3. The zero-order valence-electron chi connectivity index (χ0n) is 18.5. The first kappa shape index (κ1) is 20.8. The summed E-state index contributed by atoms with van der Waals surface area (Å²) in [4.78, 5) is 9.23. The van der Waals surface area contributed by atoms with Crippen LogP contribution >= 0.6 is 0 Å². The maximum absolute atomic E-state index is 8.84. The van der Waals surface area contributed by atoms with Crippen LogP contribution in [-0.4, -0.2) is 59.3 Å². The zero-order valence-corrected chi connectivity index (χ0v) is 18.5. The monoisotopic (exact) mass is 439 g/mol. The number of nitrogens with one attached hydrogen (secondary N) is 1. The molecule has 8 nitrogen and oxygen atoms in total. The number of hydrogen-bond donors (Lipinski definition) is 1. The van der Waals surface area contributed by atoms with Gasteiger partial charge in [-0.05, 0) is 43.4 Å². The lowest BCUT2D eigenvalue weighted by Crippen LogP contribution is -2.44. The Morgan fingerprint density at radius 3 is 2.64 bits per heavy atom. The lowest BCUT2D eigenvalue weighted by molar-refractivity contribution is 0.313. The van der Waals surface area contributed by atoms with E-state index >= 15 is 0 Å². The number of nitriles is 1. The molecule has 0 unspecified atom stereocenters. The van der Waals surface area contributed by atoms with Crippen molar-refractivity contribution in [3.8, 4) is 22.9 Å². The second-order valence-electron chi connectivity index (χ2n) is 8.09. The van der Waals surface area contributed by atoms with Crippen molar-refractivity contribution in [1.29, 1.82) is 5.26 Å². The minimum atomic E-state index is 0.00581. The normalized spacial score (nSPS) is 14.2. The summed E-state index contributed by atoms with van der Waals surface area (Å²) in [6.07, 6.45) is 3.73. The molecular formula is C25H25N7O. The first-order valence-corrected chi connectivity index (χ1v) is 10.9. The predicted molar refractivity (Wildman–Crippen MR) is 129 cm³/mol. The SMILES string of the molecule is CN1CCN(c2ccc(Nc3ncc4cc(-c5ccccc5OCC#N)cn4n3)cc2)CC1. The average molecular weight is 440 g/mol. The van der Waals surface area contributed by atoms with Crippen LogP contribution in [0.5, 0.6) is 5.75 Å². The van der Waals surface area contributed by atoms with Crippen molar-refractivity contribution in [2.75, 3.05) is 50.1 Å². The third-order valence-corrected chi connectivity index (χ3v) is 5.83. The van der Waals surface area contributed by atoms with E-state index in [9.17, 15) is 0 Å². The predicted octanol–water partition coefficient (Wildman–Crippen LogP) is 3.79. The van der Waals surface area contributed by atoms with Crippen molar-refractivity contribution in [3.63, 3.8) is 0 Å². The number of benzene rings is 2. The molecule has 1 N–H and O–H groups in total. The van der Waals surface area contributed by atoms with Crippen LogP contribution in [-0.2, 0) is 0 Å². The second-order valence-corrected chi connectivity index (χ2v) is 8.09. The van der Waals surface area contributed by atoms with Gasteiger partial charge in [0, 0.05) is 54.9 Å². The highest BCUT2D eigenvalue weighted by Crippen LogP contribution is 2.31. The van der Waals surface area contributed by atoms with Crippen molar-refractivity contribution in [3.05, 3.63) is 67.0 Å². The molecule has 0 aliphatic carbocycles. The highest BCUT2D eigenvalue weighted by molar-refractivity contribution is 5.74. The van der Waals surface area contributed by atoms with E-state index in [0.29, 0.717) is 11.7 Å². The molecule has 0 radical (unpaired) electrons. The number of likely N-dealkylation sites (N-methyl/N-ethyl adjacent to an activating group) is 1. The maximum Gasteiger partial charge on any atom is 0.245 e.